The molecule has 1 aliphatic rings. The quantitative estimate of drug-likeness (QED) is 0.844. The molecule has 1 saturated heterocycles. The first-order chi connectivity index (χ1) is 11.6. The number of anilines is 2. The number of carbonyl (C=O) groups is 1. The molecule has 24 heavy (non-hydrogen) atoms. The molecule has 9 heteroatoms. The lowest BCUT2D eigenvalue weighted by molar-refractivity contribution is -0.130. The normalized spacial score (nSPS) is 17.3. The van der Waals surface area contributed by atoms with Gasteiger partial charge in [-0.2, -0.15) is 0 Å². The monoisotopic (exact) mass is 347 g/mol. The van der Waals surface area contributed by atoms with Crippen LogP contribution in [0.1, 0.15) is 42.3 Å². The topological polar surface area (TPSA) is 110 Å². The van der Waals surface area contributed by atoms with Crippen LogP contribution in [0.2, 0.25) is 0 Å². The van der Waals surface area contributed by atoms with Gasteiger partial charge in [-0.05, 0) is 26.2 Å². The number of likely N-dealkylation sites (tertiary alicyclic amines) is 1. The molecule has 1 aliphatic heterocycles. The molecule has 0 bridgehead atoms. The van der Waals surface area contributed by atoms with Crippen LogP contribution in [-0.2, 0) is 11.2 Å². The summed E-state index contributed by atoms with van der Waals surface area (Å²) in [4.78, 5) is 22.8. The molecule has 3 heterocycles. The van der Waals surface area contributed by atoms with E-state index in [1.807, 2.05) is 24.8 Å². The number of nitrogens with one attached hydrogen (secondary N) is 1. The smallest absolute Gasteiger partial charge is 0.236 e. The lowest BCUT2D eigenvalue weighted by atomic mass is 10.1. The highest BCUT2D eigenvalue weighted by molar-refractivity contribution is 7.15. The van der Waals surface area contributed by atoms with Crippen LogP contribution in [0.5, 0.6) is 0 Å². The molecule has 0 aliphatic carbocycles. The highest BCUT2D eigenvalue weighted by Gasteiger charge is 2.30. The summed E-state index contributed by atoms with van der Waals surface area (Å²) in [5.74, 6) is 1.28. The molecule has 0 aromatic carbocycles. The Morgan fingerprint density at radius 2 is 2.29 bits per heavy atom. The predicted molar refractivity (Wildman–Crippen MR) is 92.1 cm³/mol. The molecule has 3 N–H and O–H groups in total. The number of aromatic nitrogens is 4. The van der Waals surface area contributed by atoms with Crippen LogP contribution in [0.3, 0.4) is 0 Å². The van der Waals surface area contributed by atoms with E-state index in [1.165, 1.54) is 11.3 Å². The van der Waals surface area contributed by atoms with E-state index in [4.69, 9.17) is 5.73 Å². The van der Waals surface area contributed by atoms with Crippen molar-refractivity contribution in [3.8, 4) is 0 Å². The van der Waals surface area contributed by atoms with E-state index in [0.29, 0.717) is 16.8 Å². The van der Waals surface area contributed by atoms with Crippen molar-refractivity contribution in [1.82, 2.24) is 25.1 Å². The predicted octanol–water partition coefficient (Wildman–Crippen LogP) is 1.56. The number of hydrogen-bond donors (Lipinski definition) is 2. The van der Waals surface area contributed by atoms with Crippen LogP contribution in [0.15, 0.2) is 6.07 Å². The number of aryl methyl sites for hydroxylation is 2. The zero-order valence-electron chi connectivity index (χ0n) is 13.8. The molecule has 3 rings (SSSR count). The van der Waals surface area contributed by atoms with Gasteiger partial charge in [0.05, 0.1) is 18.3 Å². The van der Waals surface area contributed by atoms with Gasteiger partial charge in [0.15, 0.2) is 0 Å². The van der Waals surface area contributed by atoms with E-state index in [9.17, 15) is 4.79 Å². The van der Waals surface area contributed by atoms with Crippen LogP contribution in [0.4, 0.5) is 10.9 Å². The van der Waals surface area contributed by atoms with Gasteiger partial charge in [-0.1, -0.05) is 18.3 Å². The van der Waals surface area contributed by atoms with Gasteiger partial charge < -0.3 is 16.0 Å². The van der Waals surface area contributed by atoms with Crippen molar-refractivity contribution in [2.75, 3.05) is 18.4 Å². The summed E-state index contributed by atoms with van der Waals surface area (Å²) < 4.78 is 0. The van der Waals surface area contributed by atoms with Crippen molar-refractivity contribution in [1.29, 1.82) is 0 Å². The molecular weight excluding hydrogens is 326 g/mol. The number of hydrogen-bond acceptors (Lipinski definition) is 8. The second kappa shape index (κ2) is 7.18. The summed E-state index contributed by atoms with van der Waals surface area (Å²) in [7, 11) is 0. The zero-order chi connectivity index (χ0) is 17.1. The Morgan fingerprint density at radius 3 is 3.00 bits per heavy atom. The minimum Gasteiger partial charge on any atom is -0.333 e. The Morgan fingerprint density at radius 1 is 1.46 bits per heavy atom. The third-order valence-electron chi connectivity index (χ3n) is 3.95. The Bertz CT molecular complexity index is 732. The van der Waals surface area contributed by atoms with E-state index in [1.54, 1.807) is 0 Å². The third kappa shape index (κ3) is 3.51. The highest BCUT2D eigenvalue weighted by atomic mass is 32.1. The maximum Gasteiger partial charge on any atom is 0.236 e. The molecule has 1 atom stereocenters. The van der Waals surface area contributed by atoms with Gasteiger partial charge in [0.2, 0.25) is 11.0 Å². The van der Waals surface area contributed by atoms with E-state index in [2.05, 4.69) is 25.5 Å². The molecule has 2 aromatic heterocycles. The summed E-state index contributed by atoms with van der Waals surface area (Å²) in [6, 6.07) is 1.84. The molecular formula is C15H21N7OS. The van der Waals surface area contributed by atoms with Crippen molar-refractivity contribution >= 4 is 28.2 Å². The maximum atomic E-state index is 12.0. The van der Waals surface area contributed by atoms with Crippen molar-refractivity contribution < 1.29 is 4.79 Å². The van der Waals surface area contributed by atoms with Crippen molar-refractivity contribution in [3.63, 3.8) is 0 Å². The zero-order valence-corrected chi connectivity index (χ0v) is 14.6. The number of carbonyl (C=O) groups excluding carboxylic acids is 1. The Labute approximate surface area is 144 Å². The number of nitrogens with zero attached hydrogens (tertiary/aromatic N) is 5. The average Bonchev–Trinajstić information content (AvgIpc) is 3.22. The van der Waals surface area contributed by atoms with Crippen LogP contribution in [-0.4, -0.2) is 44.1 Å². The summed E-state index contributed by atoms with van der Waals surface area (Å²) in [5, 5.41) is 13.1. The Balaban J connectivity index is 1.84. The summed E-state index contributed by atoms with van der Waals surface area (Å²) in [6.45, 7) is 4.63. The second-order valence-corrected chi connectivity index (χ2v) is 6.72. The highest BCUT2D eigenvalue weighted by Crippen LogP contribution is 2.32. The molecule has 0 radical (unpaired) electrons. The van der Waals surface area contributed by atoms with Crippen LogP contribution in [0, 0.1) is 6.92 Å². The average molecular weight is 347 g/mol. The van der Waals surface area contributed by atoms with E-state index in [-0.39, 0.29) is 18.5 Å². The van der Waals surface area contributed by atoms with Gasteiger partial charge in [-0.15, -0.1) is 10.2 Å². The molecule has 0 spiro atoms. The van der Waals surface area contributed by atoms with Gasteiger partial charge in [-0.3, -0.25) is 4.79 Å². The summed E-state index contributed by atoms with van der Waals surface area (Å²) in [6.07, 6.45) is 2.70. The van der Waals surface area contributed by atoms with Gasteiger partial charge >= 0.3 is 0 Å². The standard InChI is InChI=1S/C15H21N7OS/c1-3-13-20-21-15(24-13)19-12-7-10(17-9(2)18-12)11-5-4-6-22(11)14(23)8-16/h7,11H,3-6,8,16H2,1-2H3,(H,17,18,19,21)/t11-/m1/s1. The van der Waals surface area contributed by atoms with E-state index < -0.39 is 0 Å². The first kappa shape index (κ1) is 16.7. The van der Waals surface area contributed by atoms with Gasteiger partial charge in [-0.25, -0.2) is 9.97 Å². The largest absolute Gasteiger partial charge is 0.333 e. The molecule has 128 valence electrons. The Hall–Kier alpha value is -2.13. The molecule has 0 unspecified atom stereocenters. The maximum absolute atomic E-state index is 12.0. The SMILES string of the molecule is CCc1nnc(Nc2cc([C@H]3CCCN3C(=O)CN)nc(C)n2)s1. The number of rotatable bonds is 5. The molecule has 2 aromatic rings. The first-order valence-electron chi connectivity index (χ1n) is 8.05. The fraction of sp³-hybridized carbons (Fsp3) is 0.533. The molecule has 1 fully saturated rings. The lowest BCUT2D eigenvalue weighted by Gasteiger charge is -2.24. The van der Waals surface area contributed by atoms with Gasteiger partial charge in [0.25, 0.3) is 0 Å². The Kier molecular flexibility index (Phi) is 5.00. The van der Waals surface area contributed by atoms with E-state index >= 15 is 0 Å². The van der Waals surface area contributed by atoms with Crippen molar-refractivity contribution in [2.45, 2.75) is 39.2 Å². The molecule has 8 nitrogen and oxygen atoms in total. The third-order valence-corrected chi connectivity index (χ3v) is 4.93. The number of nitrogens with two attached hydrogens (primary N) is 1. The van der Waals surface area contributed by atoms with Crippen molar-refractivity contribution in [2.24, 2.45) is 5.73 Å². The minimum absolute atomic E-state index is 0.0241. The van der Waals surface area contributed by atoms with Crippen LogP contribution >= 0.6 is 11.3 Å². The minimum atomic E-state index is -0.0417. The lowest BCUT2D eigenvalue weighted by Crippen LogP contribution is -2.35. The van der Waals surface area contributed by atoms with Gasteiger partial charge in [0, 0.05) is 12.6 Å². The second-order valence-electron chi connectivity index (χ2n) is 5.65. The summed E-state index contributed by atoms with van der Waals surface area (Å²) in [5.41, 5.74) is 6.36. The molecule has 0 saturated carbocycles. The van der Waals surface area contributed by atoms with Gasteiger partial charge in [0.1, 0.15) is 16.6 Å². The van der Waals surface area contributed by atoms with Crippen LogP contribution < -0.4 is 11.1 Å². The van der Waals surface area contributed by atoms with E-state index in [0.717, 1.165) is 36.5 Å². The summed E-state index contributed by atoms with van der Waals surface area (Å²) >= 11 is 1.51. The number of amides is 1. The molecule has 1 amide bonds. The van der Waals surface area contributed by atoms with Crippen LogP contribution in [0.25, 0.3) is 0 Å². The fourth-order valence-electron chi connectivity index (χ4n) is 2.87. The fourth-order valence-corrected chi connectivity index (χ4v) is 3.56. The van der Waals surface area contributed by atoms with Crippen molar-refractivity contribution in [3.05, 3.63) is 22.6 Å². The first-order valence-corrected chi connectivity index (χ1v) is 8.87.